The number of benzene rings is 2. The molecule has 0 unspecified atom stereocenters. The fourth-order valence-electron chi connectivity index (χ4n) is 4.11. The molecule has 0 aromatic heterocycles. The Hall–Kier alpha value is -1.80. The third-order valence-corrected chi connectivity index (χ3v) is 5.74. The molecule has 2 nitrogen and oxygen atoms in total. The van der Waals surface area contributed by atoms with Gasteiger partial charge >= 0.3 is 0 Å². The van der Waals surface area contributed by atoms with Crippen molar-refractivity contribution in [1.29, 1.82) is 0 Å². The van der Waals surface area contributed by atoms with Crippen LogP contribution in [0.3, 0.4) is 0 Å². The number of ether oxygens (including phenoxy) is 1. The summed E-state index contributed by atoms with van der Waals surface area (Å²) in [6, 6.07) is 19.5. The van der Waals surface area contributed by atoms with Gasteiger partial charge in [-0.1, -0.05) is 99.9 Å². The number of hydrogen-bond donors (Lipinski definition) is 0. The minimum absolute atomic E-state index is 0.843. The summed E-state index contributed by atoms with van der Waals surface area (Å²) in [5.74, 6) is 1.07. The number of hydrogen-bond acceptors (Lipinski definition) is 2. The Labute approximate surface area is 171 Å². The predicted octanol–water partition coefficient (Wildman–Crippen LogP) is 6.98. The van der Waals surface area contributed by atoms with Gasteiger partial charge in [0.1, 0.15) is 5.75 Å². The van der Waals surface area contributed by atoms with E-state index in [2.05, 4.69) is 59.5 Å². The van der Waals surface area contributed by atoms with Crippen LogP contribution in [0.25, 0.3) is 0 Å². The standard InChI is InChI=1S/C26H37NO/c1-2-4-6-8-15-21-28-26-19-13-12-18-25(26)23-27(20-14-7-5-3-1)22-24-16-10-9-11-17-24/h9-13,16-19H,1-8,14-15,20-23H2. The lowest BCUT2D eigenvalue weighted by Crippen LogP contribution is -2.24. The predicted molar refractivity (Wildman–Crippen MR) is 119 cm³/mol. The number of rotatable bonds is 2. The van der Waals surface area contributed by atoms with Gasteiger partial charge in [0.05, 0.1) is 6.61 Å². The lowest BCUT2D eigenvalue weighted by Gasteiger charge is -2.24. The topological polar surface area (TPSA) is 12.5 Å². The molecule has 28 heavy (non-hydrogen) atoms. The molecule has 0 spiro atoms. The highest BCUT2D eigenvalue weighted by atomic mass is 16.5. The summed E-state index contributed by atoms with van der Waals surface area (Å²) in [6.07, 6.45) is 13.5. The summed E-state index contributed by atoms with van der Waals surface area (Å²) in [5, 5.41) is 0. The number of fused-ring (bicyclic) bond motifs is 1. The Bertz CT molecular complexity index is 654. The molecule has 0 saturated carbocycles. The third-order valence-electron chi connectivity index (χ3n) is 5.74. The monoisotopic (exact) mass is 379 g/mol. The number of para-hydroxylation sites is 1. The van der Waals surface area contributed by atoms with Gasteiger partial charge in [-0.05, 0) is 31.0 Å². The Morgan fingerprint density at radius 1 is 0.643 bits per heavy atom. The summed E-state index contributed by atoms with van der Waals surface area (Å²) >= 11 is 0. The van der Waals surface area contributed by atoms with Gasteiger partial charge in [0, 0.05) is 18.7 Å². The zero-order valence-electron chi connectivity index (χ0n) is 17.5. The second-order valence-electron chi connectivity index (χ2n) is 8.19. The number of nitrogens with zero attached hydrogens (tertiary/aromatic N) is 1. The molecule has 2 aromatic carbocycles. The van der Waals surface area contributed by atoms with Crippen LogP contribution in [-0.2, 0) is 13.1 Å². The summed E-state index contributed by atoms with van der Waals surface area (Å²) in [6.45, 7) is 3.97. The van der Waals surface area contributed by atoms with E-state index >= 15 is 0 Å². The molecular weight excluding hydrogens is 342 g/mol. The Morgan fingerprint density at radius 2 is 1.25 bits per heavy atom. The molecule has 0 amide bonds. The molecule has 0 saturated heterocycles. The molecule has 0 aliphatic carbocycles. The Balaban J connectivity index is 1.67. The first-order valence-electron chi connectivity index (χ1n) is 11.4. The summed E-state index contributed by atoms with van der Waals surface area (Å²) in [7, 11) is 0. The normalized spacial score (nSPS) is 18.6. The van der Waals surface area contributed by atoms with Gasteiger partial charge in [0.25, 0.3) is 0 Å². The van der Waals surface area contributed by atoms with Crippen LogP contribution in [-0.4, -0.2) is 18.1 Å². The lowest BCUT2D eigenvalue weighted by molar-refractivity contribution is 0.241. The first kappa shape index (κ1) is 20.9. The maximum atomic E-state index is 6.18. The van der Waals surface area contributed by atoms with Crippen LogP contribution in [0.5, 0.6) is 5.75 Å². The molecule has 2 heteroatoms. The molecule has 1 heterocycles. The maximum Gasteiger partial charge on any atom is 0.123 e. The van der Waals surface area contributed by atoms with Gasteiger partial charge in [-0.2, -0.15) is 0 Å². The second kappa shape index (κ2) is 12.6. The van der Waals surface area contributed by atoms with Gasteiger partial charge in [-0.3, -0.25) is 4.90 Å². The first-order chi connectivity index (χ1) is 13.9. The fraction of sp³-hybridized carbons (Fsp3) is 0.538. The highest BCUT2D eigenvalue weighted by Gasteiger charge is 2.11. The van der Waals surface area contributed by atoms with Crippen molar-refractivity contribution in [3.63, 3.8) is 0 Å². The molecule has 152 valence electrons. The molecule has 0 N–H and O–H groups in total. The minimum atomic E-state index is 0.843. The molecule has 0 fully saturated rings. The maximum absolute atomic E-state index is 6.18. The second-order valence-corrected chi connectivity index (χ2v) is 8.19. The molecular formula is C26H37NO. The van der Waals surface area contributed by atoms with E-state index in [1.807, 2.05) is 0 Å². The Kier molecular flexibility index (Phi) is 9.43. The van der Waals surface area contributed by atoms with Crippen LogP contribution in [0.4, 0.5) is 0 Å². The molecule has 3 rings (SSSR count). The Morgan fingerprint density at radius 3 is 2.00 bits per heavy atom. The summed E-state index contributed by atoms with van der Waals surface area (Å²) in [4.78, 5) is 2.59. The SMILES string of the molecule is c1ccc(CN2CCCCCCCCCCCCOc3ccccc3C2)cc1. The van der Waals surface area contributed by atoms with E-state index in [-0.39, 0.29) is 0 Å². The van der Waals surface area contributed by atoms with E-state index in [1.165, 1.54) is 75.3 Å². The van der Waals surface area contributed by atoms with Crippen LogP contribution >= 0.6 is 0 Å². The first-order valence-corrected chi connectivity index (χ1v) is 11.4. The van der Waals surface area contributed by atoms with E-state index in [0.717, 1.165) is 32.0 Å². The van der Waals surface area contributed by atoms with Crippen molar-refractivity contribution in [3.05, 3.63) is 65.7 Å². The lowest BCUT2D eigenvalue weighted by atomic mass is 10.1. The van der Waals surface area contributed by atoms with E-state index in [9.17, 15) is 0 Å². The van der Waals surface area contributed by atoms with E-state index in [1.54, 1.807) is 0 Å². The van der Waals surface area contributed by atoms with Crippen molar-refractivity contribution in [1.82, 2.24) is 4.90 Å². The molecule has 0 atom stereocenters. The van der Waals surface area contributed by atoms with Crippen molar-refractivity contribution < 1.29 is 4.74 Å². The molecule has 2 aromatic rings. The molecule has 0 bridgehead atoms. The summed E-state index contributed by atoms with van der Waals surface area (Å²) in [5.41, 5.74) is 2.72. The van der Waals surface area contributed by atoms with Crippen LogP contribution in [0.2, 0.25) is 0 Å². The van der Waals surface area contributed by atoms with Crippen LogP contribution in [0, 0.1) is 0 Å². The van der Waals surface area contributed by atoms with Gasteiger partial charge in [0.2, 0.25) is 0 Å². The largest absolute Gasteiger partial charge is 0.493 e. The van der Waals surface area contributed by atoms with Gasteiger partial charge in [0.15, 0.2) is 0 Å². The van der Waals surface area contributed by atoms with E-state index in [0.29, 0.717) is 0 Å². The molecule has 0 radical (unpaired) electrons. The van der Waals surface area contributed by atoms with E-state index < -0.39 is 0 Å². The smallest absolute Gasteiger partial charge is 0.123 e. The zero-order valence-corrected chi connectivity index (χ0v) is 17.5. The van der Waals surface area contributed by atoms with Crippen molar-refractivity contribution in [2.75, 3.05) is 13.2 Å². The van der Waals surface area contributed by atoms with Gasteiger partial charge < -0.3 is 4.74 Å². The van der Waals surface area contributed by atoms with E-state index in [4.69, 9.17) is 4.74 Å². The quantitative estimate of drug-likeness (QED) is 0.558. The highest BCUT2D eigenvalue weighted by Crippen LogP contribution is 2.22. The van der Waals surface area contributed by atoms with Gasteiger partial charge in [-0.15, -0.1) is 0 Å². The van der Waals surface area contributed by atoms with Crippen molar-refractivity contribution in [2.24, 2.45) is 0 Å². The van der Waals surface area contributed by atoms with Crippen molar-refractivity contribution >= 4 is 0 Å². The average Bonchev–Trinajstić information content (AvgIpc) is 2.73. The van der Waals surface area contributed by atoms with Crippen molar-refractivity contribution in [2.45, 2.75) is 77.3 Å². The van der Waals surface area contributed by atoms with Crippen molar-refractivity contribution in [3.8, 4) is 5.75 Å². The average molecular weight is 380 g/mol. The van der Waals surface area contributed by atoms with Crippen LogP contribution in [0.15, 0.2) is 54.6 Å². The molecule has 1 aliphatic rings. The molecule has 1 aliphatic heterocycles. The zero-order chi connectivity index (χ0) is 19.3. The minimum Gasteiger partial charge on any atom is -0.493 e. The fourth-order valence-corrected chi connectivity index (χ4v) is 4.11. The van der Waals surface area contributed by atoms with Gasteiger partial charge in [-0.25, -0.2) is 0 Å². The van der Waals surface area contributed by atoms with Crippen LogP contribution < -0.4 is 4.74 Å². The van der Waals surface area contributed by atoms with Crippen LogP contribution in [0.1, 0.15) is 75.3 Å². The summed E-state index contributed by atoms with van der Waals surface area (Å²) < 4.78 is 6.18. The highest BCUT2D eigenvalue weighted by molar-refractivity contribution is 5.33. The third kappa shape index (κ3) is 7.67.